The lowest BCUT2D eigenvalue weighted by atomic mass is 10.1. The van der Waals surface area contributed by atoms with Gasteiger partial charge in [0.05, 0.1) is 15.7 Å². The number of carbonyl (C=O) groups is 1. The van der Waals surface area contributed by atoms with E-state index in [0.29, 0.717) is 22.3 Å². The Bertz CT molecular complexity index is 872. The van der Waals surface area contributed by atoms with E-state index in [1.54, 1.807) is 18.2 Å². The van der Waals surface area contributed by atoms with Crippen molar-refractivity contribution in [3.05, 3.63) is 75.4 Å². The minimum absolute atomic E-state index is 0.230. The van der Waals surface area contributed by atoms with Gasteiger partial charge >= 0.3 is 0 Å². The summed E-state index contributed by atoms with van der Waals surface area (Å²) >= 11 is 11.8. The lowest BCUT2D eigenvalue weighted by Gasteiger charge is -2.05. The molecule has 0 radical (unpaired) electrons. The minimum Gasteiger partial charge on any atom is -0.347 e. The van der Waals surface area contributed by atoms with E-state index in [1.807, 2.05) is 37.3 Å². The van der Waals surface area contributed by atoms with E-state index in [0.717, 1.165) is 16.8 Å². The molecule has 0 aliphatic carbocycles. The summed E-state index contributed by atoms with van der Waals surface area (Å²) in [5.74, 6) is -0.230. The molecule has 0 saturated carbocycles. The molecule has 3 aromatic rings. The van der Waals surface area contributed by atoms with Gasteiger partial charge in [-0.05, 0) is 30.7 Å². The van der Waals surface area contributed by atoms with Crippen LogP contribution in [0.1, 0.15) is 21.6 Å². The molecule has 3 rings (SSSR count). The Labute approximate surface area is 149 Å². The summed E-state index contributed by atoms with van der Waals surface area (Å²) < 4.78 is 0. The van der Waals surface area contributed by atoms with E-state index in [-0.39, 0.29) is 5.91 Å². The molecule has 1 amide bonds. The van der Waals surface area contributed by atoms with Gasteiger partial charge in [-0.3, -0.25) is 9.89 Å². The standard InChI is InChI=1S/C18H15Cl2N3O/c1-11-2-5-13(6-3-11)16-9-17(23-22-16)18(24)21-10-12-4-7-14(19)15(20)8-12/h2-9H,10H2,1H3,(H,21,24)(H,22,23). The summed E-state index contributed by atoms with van der Waals surface area (Å²) in [6, 6.07) is 15.0. The Morgan fingerprint density at radius 1 is 1.08 bits per heavy atom. The van der Waals surface area contributed by atoms with Crippen molar-refractivity contribution in [2.45, 2.75) is 13.5 Å². The number of halogens is 2. The first-order chi connectivity index (χ1) is 11.5. The Kier molecular flexibility index (Phi) is 4.88. The molecule has 24 heavy (non-hydrogen) atoms. The van der Waals surface area contributed by atoms with Crippen LogP contribution in [0.5, 0.6) is 0 Å². The second kappa shape index (κ2) is 7.07. The summed E-state index contributed by atoms with van der Waals surface area (Å²) in [6.45, 7) is 2.38. The summed E-state index contributed by atoms with van der Waals surface area (Å²) in [6.07, 6.45) is 0. The van der Waals surface area contributed by atoms with Gasteiger partial charge in [-0.2, -0.15) is 5.10 Å². The lowest BCUT2D eigenvalue weighted by Crippen LogP contribution is -2.23. The van der Waals surface area contributed by atoms with Crippen molar-refractivity contribution >= 4 is 29.1 Å². The maximum Gasteiger partial charge on any atom is 0.269 e. The highest BCUT2D eigenvalue weighted by Crippen LogP contribution is 2.22. The predicted molar refractivity (Wildman–Crippen MR) is 96.4 cm³/mol. The summed E-state index contributed by atoms with van der Waals surface area (Å²) in [5.41, 5.74) is 4.14. The topological polar surface area (TPSA) is 57.8 Å². The monoisotopic (exact) mass is 359 g/mol. The van der Waals surface area contributed by atoms with Gasteiger partial charge in [0.15, 0.2) is 0 Å². The van der Waals surface area contributed by atoms with Crippen LogP contribution in [-0.4, -0.2) is 16.1 Å². The molecule has 6 heteroatoms. The fraction of sp³-hybridized carbons (Fsp3) is 0.111. The van der Waals surface area contributed by atoms with Crippen molar-refractivity contribution in [3.63, 3.8) is 0 Å². The quantitative estimate of drug-likeness (QED) is 0.713. The summed E-state index contributed by atoms with van der Waals surface area (Å²) in [7, 11) is 0. The zero-order valence-corrected chi connectivity index (χ0v) is 14.4. The number of H-pyrrole nitrogens is 1. The smallest absolute Gasteiger partial charge is 0.269 e. The van der Waals surface area contributed by atoms with E-state index in [4.69, 9.17) is 23.2 Å². The predicted octanol–water partition coefficient (Wildman–Crippen LogP) is 4.62. The molecule has 1 heterocycles. The van der Waals surface area contributed by atoms with Crippen molar-refractivity contribution in [3.8, 4) is 11.3 Å². The van der Waals surface area contributed by atoms with E-state index in [2.05, 4.69) is 15.5 Å². The summed E-state index contributed by atoms with van der Waals surface area (Å²) in [5, 5.41) is 10.7. The molecule has 1 aromatic heterocycles. The minimum atomic E-state index is -0.230. The molecular formula is C18H15Cl2N3O. The first-order valence-corrected chi connectivity index (χ1v) is 8.13. The van der Waals surface area contributed by atoms with Gasteiger partial charge in [0.2, 0.25) is 0 Å². The number of hydrogen-bond acceptors (Lipinski definition) is 2. The van der Waals surface area contributed by atoms with Crippen LogP contribution in [0.4, 0.5) is 0 Å². The zero-order valence-electron chi connectivity index (χ0n) is 12.9. The normalized spacial score (nSPS) is 10.6. The molecule has 0 atom stereocenters. The third-order valence-corrected chi connectivity index (χ3v) is 4.35. The van der Waals surface area contributed by atoms with E-state index in [1.165, 1.54) is 5.56 Å². The van der Waals surface area contributed by atoms with Crippen LogP contribution in [0.3, 0.4) is 0 Å². The lowest BCUT2D eigenvalue weighted by molar-refractivity contribution is 0.0946. The first kappa shape index (κ1) is 16.6. The molecule has 0 saturated heterocycles. The highest BCUT2D eigenvalue weighted by atomic mass is 35.5. The maximum atomic E-state index is 12.2. The van der Waals surface area contributed by atoms with Crippen molar-refractivity contribution in [1.29, 1.82) is 0 Å². The molecule has 0 spiro atoms. The fourth-order valence-electron chi connectivity index (χ4n) is 2.24. The number of aromatic amines is 1. The molecule has 2 aromatic carbocycles. The van der Waals surface area contributed by atoms with Crippen LogP contribution in [0.25, 0.3) is 11.3 Å². The molecule has 0 unspecified atom stereocenters. The maximum absolute atomic E-state index is 12.2. The third kappa shape index (κ3) is 3.78. The Balaban J connectivity index is 1.67. The molecular weight excluding hydrogens is 345 g/mol. The van der Waals surface area contributed by atoms with Gasteiger partial charge in [-0.1, -0.05) is 59.1 Å². The average Bonchev–Trinajstić information content (AvgIpc) is 3.06. The van der Waals surface area contributed by atoms with Crippen LogP contribution in [0.2, 0.25) is 10.0 Å². The summed E-state index contributed by atoms with van der Waals surface area (Å²) in [4.78, 5) is 12.2. The molecule has 0 bridgehead atoms. The number of carbonyl (C=O) groups excluding carboxylic acids is 1. The number of nitrogens with zero attached hydrogens (tertiary/aromatic N) is 1. The Hall–Kier alpha value is -2.30. The Morgan fingerprint density at radius 2 is 1.83 bits per heavy atom. The molecule has 0 aliphatic heterocycles. The SMILES string of the molecule is Cc1ccc(-c2cc(C(=O)NCc3ccc(Cl)c(Cl)c3)[nH]n2)cc1. The van der Waals surface area contributed by atoms with Gasteiger partial charge in [0, 0.05) is 12.1 Å². The van der Waals surface area contributed by atoms with E-state index in [9.17, 15) is 4.79 Å². The van der Waals surface area contributed by atoms with Gasteiger partial charge in [-0.15, -0.1) is 0 Å². The van der Waals surface area contributed by atoms with E-state index < -0.39 is 0 Å². The van der Waals surface area contributed by atoms with E-state index >= 15 is 0 Å². The van der Waals surface area contributed by atoms with Crippen LogP contribution < -0.4 is 5.32 Å². The molecule has 122 valence electrons. The Morgan fingerprint density at radius 3 is 2.54 bits per heavy atom. The van der Waals surface area contributed by atoms with Gasteiger partial charge in [0.25, 0.3) is 5.91 Å². The molecule has 0 fully saturated rings. The van der Waals surface area contributed by atoms with Gasteiger partial charge < -0.3 is 5.32 Å². The van der Waals surface area contributed by atoms with Crippen LogP contribution >= 0.6 is 23.2 Å². The van der Waals surface area contributed by atoms with Crippen molar-refractivity contribution in [2.24, 2.45) is 0 Å². The van der Waals surface area contributed by atoms with Crippen LogP contribution in [0.15, 0.2) is 48.5 Å². The largest absolute Gasteiger partial charge is 0.347 e. The zero-order chi connectivity index (χ0) is 17.1. The molecule has 2 N–H and O–H groups in total. The van der Waals surface area contributed by atoms with Crippen LogP contribution in [-0.2, 0) is 6.54 Å². The average molecular weight is 360 g/mol. The number of amides is 1. The van der Waals surface area contributed by atoms with Gasteiger partial charge in [-0.25, -0.2) is 0 Å². The van der Waals surface area contributed by atoms with Crippen LogP contribution in [0, 0.1) is 6.92 Å². The second-order valence-electron chi connectivity index (χ2n) is 5.46. The van der Waals surface area contributed by atoms with Crippen molar-refractivity contribution < 1.29 is 4.79 Å². The third-order valence-electron chi connectivity index (χ3n) is 3.61. The van der Waals surface area contributed by atoms with Crippen molar-refractivity contribution in [1.82, 2.24) is 15.5 Å². The number of nitrogens with one attached hydrogen (secondary N) is 2. The first-order valence-electron chi connectivity index (χ1n) is 7.37. The second-order valence-corrected chi connectivity index (χ2v) is 6.28. The number of aromatic nitrogens is 2. The molecule has 4 nitrogen and oxygen atoms in total. The fourth-order valence-corrected chi connectivity index (χ4v) is 2.56. The number of benzene rings is 2. The number of rotatable bonds is 4. The highest BCUT2D eigenvalue weighted by Gasteiger charge is 2.11. The highest BCUT2D eigenvalue weighted by molar-refractivity contribution is 6.42. The number of hydrogen-bond donors (Lipinski definition) is 2. The number of aryl methyl sites for hydroxylation is 1. The molecule has 0 aliphatic rings. The van der Waals surface area contributed by atoms with Gasteiger partial charge in [0.1, 0.15) is 5.69 Å². The van der Waals surface area contributed by atoms with Crippen molar-refractivity contribution in [2.75, 3.05) is 0 Å².